The summed E-state index contributed by atoms with van der Waals surface area (Å²) in [5, 5.41) is 0.748. The lowest BCUT2D eigenvalue weighted by Crippen LogP contribution is -2.41. The molecule has 1 saturated heterocycles. The molecular formula is C18H26BClO2. The average molecular weight is 321 g/mol. The van der Waals surface area contributed by atoms with Crippen LogP contribution in [0.3, 0.4) is 0 Å². The highest BCUT2D eigenvalue weighted by Gasteiger charge is 2.52. The molecule has 0 spiro atoms. The SMILES string of the molecule is CCCC/C(=C\c1cccc(Cl)c1)B1OC(C)(C)C(C)(C)O1. The summed E-state index contributed by atoms with van der Waals surface area (Å²) in [5.74, 6) is 0. The number of allylic oxidation sites excluding steroid dienone is 1. The molecule has 0 atom stereocenters. The predicted octanol–water partition coefficient (Wildman–Crippen LogP) is 5.55. The van der Waals surface area contributed by atoms with Crippen LogP contribution in [-0.2, 0) is 9.31 Å². The van der Waals surface area contributed by atoms with Gasteiger partial charge >= 0.3 is 7.12 Å². The van der Waals surface area contributed by atoms with Gasteiger partial charge in [-0.05, 0) is 57.3 Å². The summed E-state index contributed by atoms with van der Waals surface area (Å²) in [6.07, 6.45) is 5.40. The van der Waals surface area contributed by atoms with Crippen molar-refractivity contribution in [2.75, 3.05) is 0 Å². The number of rotatable bonds is 5. The van der Waals surface area contributed by atoms with Gasteiger partial charge in [-0.15, -0.1) is 0 Å². The summed E-state index contributed by atoms with van der Waals surface area (Å²) in [6.45, 7) is 10.5. The lowest BCUT2D eigenvalue weighted by Gasteiger charge is -2.32. The topological polar surface area (TPSA) is 18.5 Å². The van der Waals surface area contributed by atoms with Crippen molar-refractivity contribution < 1.29 is 9.31 Å². The van der Waals surface area contributed by atoms with Crippen LogP contribution in [0.5, 0.6) is 0 Å². The molecule has 1 aliphatic heterocycles. The molecule has 2 nitrogen and oxygen atoms in total. The average Bonchev–Trinajstić information content (AvgIpc) is 2.63. The Morgan fingerprint density at radius 1 is 1.18 bits per heavy atom. The Bertz CT molecular complexity index is 536. The second-order valence-corrected chi connectivity index (χ2v) is 7.40. The van der Waals surface area contributed by atoms with Gasteiger partial charge in [-0.1, -0.05) is 49.6 Å². The number of hydrogen-bond donors (Lipinski definition) is 0. The highest BCUT2D eigenvalue weighted by atomic mass is 35.5. The first-order chi connectivity index (χ1) is 10.2. The van der Waals surface area contributed by atoms with Crippen LogP contribution in [0.1, 0.15) is 59.4 Å². The first kappa shape index (κ1) is 17.6. The zero-order chi connectivity index (χ0) is 16.4. The molecule has 1 heterocycles. The summed E-state index contributed by atoms with van der Waals surface area (Å²) < 4.78 is 12.4. The van der Waals surface area contributed by atoms with Crippen LogP contribution in [0.2, 0.25) is 5.02 Å². The summed E-state index contributed by atoms with van der Waals surface area (Å²) in [6, 6.07) is 7.89. The van der Waals surface area contributed by atoms with E-state index in [1.165, 1.54) is 5.47 Å². The molecule has 0 unspecified atom stereocenters. The minimum absolute atomic E-state index is 0.282. The zero-order valence-corrected chi connectivity index (χ0v) is 15.0. The molecule has 4 heteroatoms. The van der Waals surface area contributed by atoms with Crippen LogP contribution in [0.15, 0.2) is 29.7 Å². The highest BCUT2D eigenvalue weighted by Crippen LogP contribution is 2.39. The third kappa shape index (κ3) is 3.95. The second-order valence-electron chi connectivity index (χ2n) is 6.97. The van der Waals surface area contributed by atoms with Crippen LogP contribution >= 0.6 is 11.6 Å². The van der Waals surface area contributed by atoms with E-state index in [1.807, 2.05) is 18.2 Å². The molecule has 120 valence electrons. The lowest BCUT2D eigenvalue weighted by molar-refractivity contribution is 0.00578. The maximum absolute atomic E-state index is 6.20. The predicted molar refractivity (Wildman–Crippen MR) is 95.0 cm³/mol. The first-order valence-electron chi connectivity index (χ1n) is 8.07. The molecule has 0 radical (unpaired) electrons. The summed E-state index contributed by atoms with van der Waals surface area (Å²) >= 11 is 6.09. The molecule has 1 aromatic carbocycles. The fourth-order valence-electron chi connectivity index (χ4n) is 2.44. The highest BCUT2D eigenvalue weighted by molar-refractivity contribution is 6.55. The number of unbranched alkanes of at least 4 members (excludes halogenated alkanes) is 1. The van der Waals surface area contributed by atoms with E-state index in [4.69, 9.17) is 20.9 Å². The molecular weight excluding hydrogens is 294 g/mol. The van der Waals surface area contributed by atoms with Crippen molar-refractivity contribution in [3.63, 3.8) is 0 Å². The molecule has 0 bridgehead atoms. The van der Waals surface area contributed by atoms with Gasteiger partial charge in [0.15, 0.2) is 0 Å². The van der Waals surface area contributed by atoms with E-state index >= 15 is 0 Å². The smallest absolute Gasteiger partial charge is 0.400 e. The van der Waals surface area contributed by atoms with Crippen molar-refractivity contribution in [2.24, 2.45) is 0 Å². The Morgan fingerprint density at radius 3 is 2.36 bits per heavy atom. The normalized spacial score (nSPS) is 20.5. The van der Waals surface area contributed by atoms with Crippen molar-refractivity contribution in [3.05, 3.63) is 40.3 Å². The van der Waals surface area contributed by atoms with Crippen molar-refractivity contribution in [3.8, 4) is 0 Å². The van der Waals surface area contributed by atoms with Gasteiger partial charge in [0.05, 0.1) is 11.2 Å². The van der Waals surface area contributed by atoms with Gasteiger partial charge in [-0.2, -0.15) is 0 Å². The van der Waals surface area contributed by atoms with Gasteiger partial charge in [-0.3, -0.25) is 0 Å². The Labute approximate surface area is 140 Å². The molecule has 1 fully saturated rings. The first-order valence-corrected chi connectivity index (χ1v) is 8.44. The van der Waals surface area contributed by atoms with E-state index in [0.717, 1.165) is 29.8 Å². The van der Waals surface area contributed by atoms with Crippen LogP contribution in [-0.4, -0.2) is 18.3 Å². The molecule has 0 aromatic heterocycles. The van der Waals surface area contributed by atoms with Crippen LogP contribution in [0.4, 0.5) is 0 Å². The Hall–Kier alpha value is -0.765. The van der Waals surface area contributed by atoms with Gasteiger partial charge in [0.2, 0.25) is 0 Å². The number of benzene rings is 1. The monoisotopic (exact) mass is 320 g/mol. The maximum Gasteiger partial charge on any atom is 0.490 e. The Morgan fingerprint density at radius 2 is 1.82 bits per heavy atom. The third-order valence-electron chi connectivity index (χ3n) is 4.58. The van der Waals surface area contributed by atoms with Gasteiger partial charge in [0.1, 0.15) is 0 Å². The van der Waals surface area contributed by atoms with Crippen molar-refractivity contribution >= 4 is 24.8 Å². The van der Waals surface area contributed by atoms with Gasteiger partial charge in [0.25, 0.3) is 0 Å². The fraction of sp³-hybridized carbons (Fsp3) is 0.556. The number of halogens is 1. The van der Waals surface area contributed by atoms with Crippen molar-refractivity contribution in [2.45, 2.75) is 65.1 Å². The van der Waals surface area contributed by atoms with Crippen molar-refractivity contribution in [1.82, 2.24) is 0 Å². The minimum Gasteiger partial charge on any atom is -0.400 e. The largest absolute Gasteiger partial charge is 0.490 e. The maximum atomic E-state index is 6.20. The van der Waals surface area contributed by atoms with Gasteiger partial charge < -0.3 is 9.31 Å². The Balaban J connectivity index is 2.27. The molecule has 0 amide bonds. The molecule has 1 aliphatic rings. The van der Waals surface area contributed by atoms with Gasteiger partial charge in [0, 0.05) is 5.02 Å². The Kier molecular flexibility index (Phi) is 5.42. The quantitative estimate of drug-likeness (QED) is 0.663. The summed E-state index contributed by atoms with van der Waals surface area (Å²) in [4.78, 5) is 0. The van der Waals surface area contributed by atoms with E-state index in [2.05, 4.69) is 46.8 Å². The molecule has 2 rings (SSSR count). The lowest BCUT2D eigenvalue weighted by atomic mass is 9.74. The zero-order valence-electron chi connectivity index (χ0n) is 14.3. The van der Waals surface area contributed by atoms with Crippen LogP contribution in [0, 0.1) is 0 Å². The van der Waals surface area contributed by atoms with Crippen molar-refractivity contribution in [1.29, 1.82) is 0 Å². The second kappa shape index (κ2) is 6.78. The number of hydrogen-bond acceptors (Lipinski definition) is 2. The summed E-state index contributed by atoms with van der Waals surface area (Å²) in [7, 11) is -0.282. The molecule has 0 aliphatic carbocycles. The molecule has 0 saturated carbocycles. The van der Waals surface area contributed by atoms with E-state index in [1.54, 1.807) is 0 Å². The molecule has 0 N–H and O–H groups in total. The van der Waals surface area contributed by atoms with Gasteiger partial charge in [-0.25, -0.2) is 0 Å². The minimum atomic E-state index is -0.308. The molecule has 1 aromatic rings. The van der Waals surface area contributed by atoms with E-state index < -0.39 is 0 Å². The molecule has 22 heavy (non-hydrogen) atoms. The standard InChI is InChI=1S/C18H26BClO2/c1-6-7-10-15(12-14-9-8-11-16(20)13-14)19-21-17(2,3)18(4,5)22-19/h8-9,11-13H,6-7,10H2,1-5H3/b15-12+. The fourth-order valence-corrected chi connectivity index (χ4v) is 2.64. The van der Waals surface area contributed by atoms with E-state index in [9.17, 15) is 0 Å². The van der Waals surface area contributed by atoms with E-state index in [0.29, 0.717) is 0 Å². The van der Waals surface area contributed by atoms with Crippen LogP contribution < -0.4 is 0 Å². The van der Waals surface area contributed by atoms with E-state index in [-0.39, 0.29) is 18.3 Å². The van der Waals surface area contributed by atoms with Crippen LogP contribution in [0.25, 0.3) is 6.08 Å². The third-order valence-corrected chi connectivity index (χ3v) is 4.81. The summed E-state index contributed by atoms with van der Waals surface area (Å²) in [5.41, 5.74) is 1.66.